The lowest BCUT2D eigenvalue weighted by Gasteiger charge is -2.14. The van der Waals surface area contributed by atoms with E-state index in [-0.39, 0.29) is 11.7 Å². The summed E-state index contributed by atoms with van der Waals surface area (Å²) < 4.78 is 0. The number of allylic oxidation sites excluding steroid dienone is 2. The van der Waals surface area contributed by atoms with Gasteiger partial charge < -0.3 is 0 Å². The Kier molecular flexibility index (Phi) is 6.02. The fraction of sp³-hybridized carbons (Fsp3) is 0.312. The maximum atomic E-state index is 12.3. The Morgan fingerprint density at radius 2 is 1.59 bits per heavy atom. The van der Waals surface area contributed by atoms with E-state index < -0.39 is 0 Å². The van der Waals surface area contributed by atoms with E-state index in [0.717, 1.165) is 31.2 Å². The predicted molar refractivity (Wildman–Crippen MR) is 73.1 cm³/mol. The number of carbonyl (C=O) groups is 1. The Morgan fingerprint density at radius 1 is 1.06 bits per heavy atom. The highest BCUT2D eigenvalue weighted by Crippen LogP contribution is 2.20. The first kappa shape index (κ1) is 13.4. The molecule has 90 valence electrons. The summed E-state index contributed by atoms with van der Waals surface area (Å²) in [5.74, 6) is 0.336. The van der Waals surface area contributed by atoms with Gasteiger partial charge in [-0.25, -0.2) is 0 Å². The summed E-state index contributed by atoms with van der Waals surface area (Å²) in [5.41, 5.74) is 0.811. The molecular weight excluding hydrogens is 208 g/mol. The lowest BCUT2D eigenvalue weighted by atomic mass is 9.89. The second kappa shape index (κ2) is 7.61. The number of hydrogen-bond acceptors (Lipinski definition) is 1. The second-order valence-corrected chi connectivity index (χ2v) is 4.16. The van der Waals surface area contributed by atoms with Gasteiger partial charge in [-0.1, -0.05) is 42.5 Å². The number of hydrogen-bond donors (Lipinski definition) is 0. The van der Waals surface area contributed by atoms with Crippen molar-refractivity contribution in [2.24, 2.45) is 5.92 Å². The van der Waals surface area contributed by atoms with Gasteiger partial charge in [0.2, 0.25) is 0 Å². The van der Waals surface area contributed by atoms with Crippen molar-refractivity contribution in [3.63, 3.8) is 0 Å². The SMILES string of the molecule is C=CCCC(CCC=C)C(=O)c1ccccc1. The van der Waals surface area contributed by atoms with Crippen LogP contribution >= 0.6 is 0 Å². The fourth-order valence-electron chi connectivity index (χ4n) is 1.88. The van der Waals surface area contributed by atoms with Crippen LogP contribution in [0.2, 0.25) is 0 Å². The van der Waals surface area contributed by atoms with Crippen LogP contribution in [0.1, 0.15) is 36.0 Å². The standard InChI is InChI=1S/C16H20O/c1-3-5-10-14(11-6-4-2)16(17)15-12-8-7-9-13-15/h3-4,7-9,12-14H,1-2,5-6,10-11H2. The quantitative estimate of drug-likeness (QED) is 0.475. The molecule has 0 saturated heterocycles. The lowest BCUT2D eigenvalue weighted by molar-refractivity contribution is 0.0907. The van der Waals surface area contributed by atoms with Crippen LogP contribution in [0.15, 0.2) is 55.6 Å². The molecule has 0 heterocycles. The minimum absolute atomic E-state index is 0.0911. The van der Waals surface area contributed by atoms with Gasteiger partial charge in [0.1, 0.15) is 0 Å². The van der Waals surface area contributed by atoms with Crippen molar-refractivity contribution < 1.29 is 4.79 Å². The summed E-state index contributed by atoms with van der Waals surface area (Å²) in [6, 6.07) is 9.52. The Morgan fingerprint density at radius 3 is 2.06 bits per heavy atom. The van der Waals surface area contributed by atoms with Gasteiger partial charge in [-0.3, -0.25) is 4.79 Å². The molecule has 1 aromatic carbocycles. The molecule has 0 N–H and O–H groups in total. The van der Waals surface area contributed by atoms with Crippen molar-refractivity contribution in [3.8, 4) is 0 Å². The van der Waals surface area contributed by atoms with Gasteiger partial charge in [-0.15, -0.1) is 13.2 Å². The van der Waals surface area contributed by atoms with Gasteiger partial charge >= 0.3 is 0 Å². The molecular formula is C16H20O. The lowest BCUT2D eigenvalue weighted by Crippen LogP contribution is -2.14. The zero-order chi connectivity index (χ0) is 12.5. The molecule has 0 aliphatic rings. The number of rotatable bonds is 8. The molecule has 0 saturated carbocycles. The fourth-order valence-corrected chi connectivity index (χ4v) is 1.88. The summed E-state index contributed by atoms with van der Waals surface area (Å²) in [6.07, 6.45) is 7.29. The van der Waals surface area contributed by atoms with Gasteiger partial charge in [0, 0.05) is 11.5 Å². The third-order valence-corrected chi connectivity index (χ3v) is 2.87. The van der Waals surface area contributed by atoms with E-state index in [0.29, 0.717) is 0 Å². The van der Waals surface area contributed by atoms with E-state index in [4.69, 9.17) is 0 Å². The van der Waals surface area contributed by atoms with Crippen molar-refractivity contribution >= 4 is 5.78 Å². The molecule has 0 unspecified atom stereocenters. The molecule has 0 amide bonds. The summed E-state index contributed by atoms with van der Waals surface area (Å²) in [5, 5.41) is 0. The molecule has 0 aliphatic carbocycles. The summed E-state index contributed by atoms with van der Waals surface area (Å²) in [4.78, 5) is 12.3. The van der Waals surface area contributed by atoms with Gasteiger partial charge in [0.25, 0.3) is 0 Å². The first-order valence-corrected chi connectivity index (χ1v) is 6.10. The minimum Gasteiger partial charge on any atom is -0.294 e. The summed E-state index contributed by atoms with van der Waals surface area (Å²) in [7, 11) is 0. The monoisotopic (exact) mass is 228 g/mol. The van der Waals surface area contributed by atoms with Crippen molar-refractivity contribution in [1.29, 1.82) is 0 Å². The minimum atomic E-state index is 0.0911. The number of ketones is 1. The van der Waals surface area contributed by atoms with Crippen molar-refractivity contribution in [2.75, 3.05) is 0 Å². The van der Waals surface area contributed by atoms with Gasteiger partial charge in [-0.05, 0) is 25.7 Å². The Hall–Kier alpha value is -1.63. The van der Waals surface area contributed by atoms with Crippen LogP contribution in [0.5, 0.6) is 0 Å². The largest absolute Gasteiger partial charge is 0.294 e. The third-order valence-electron chi connectivity index (χ3n) is 2.87. The second-order valence-electron chi connectivity index (χ2n) is 4.16. The van der Waals surface area contributed by atoms with E-state index in [1.807, 2.05) is 42.5 Å². The number of Topliss-reactive ketones (excluding diaryl/α,β-unsaturated/α-hetero) is 1. The first-order chi connectivity index (χ1) is 8.29. The van der Waals surface area contributed by atoms with Crippen molar-refractivity contribution in [2.45, 2.75) is 25.7 Å². The zero-order valence-corrected chi connectivity index (χ0v) is 10.3. The van der Waals surface area contributed by atoms with Crippen LogP contribution in [-0.4, -0.2) is 5.78 Å². The smallest absolute Gasteiger partial charge is 0.165 e. The molecule has 0 radical (unpaired) electrons. The maximum Gasteiger partial charge on any atom is 0.165 e. The van der Waals surface area contributed by atoms with E-state index in [1.54, 1.807) is 0 Å². The van der Waals surface area contributed by atoms with E-state index in [1.165, 1.54) is 0 Å². The summed E-state index contributed by atoms with van der Waals surface area (Å²) in [6.45, 7) is 7.43. The highest BCUT2D eigenvalue weighted by Gasteiger charge is 2.18. The van der Waals surface area contributed by atoms with E-state index in [2.05, 4.69) is 13.2 Å². The van der Waals surface area contributed by atoms with Crippen LogP contribution < -0.4 is 0 Å². The third kappa shape index (κ3) is 4.39. The molecule has 1 rings (SSSR count). The predicted octanol–water partition coefficient (Wildman–Crippen LogP) is 4.42. The Labute approximate surface area is 104 Å². The molecule has 0 atom stereocenters. The average Bonchev–Trinajstić information content (AvgIpc) is 2.39. The molecule has 0 fully saturated rings. The molecule has 0 aromatic heterocycles. The van der Waals surface area contributed by atoms with Gasteiger partial charge in [0.15, 0.2) is 5.78 Å². The molecule has 1 nitrogen and oxygen atoms in total. The van der Waals surface area contributed by atoms with Crippen LogP contribution in [0.3, 0.4) is 0 Å². The number of carbonyl (C=O) groups excluding carboxylic acids is 1. The first-order valence-electron chi connectivity index (χ1n) is 6.10. The van der Waals surface area contributed by atoms with Crippen molar-refractivity contribution in [1.82, 2.24) is 0 Å². The van der Waals surface area contributed by atoms with E-state index >= 15 is 0 Å². The van der Waals surface area contributed by atoms with E-state index in [9.17, 15) is 4.79 Å². The average molecular weight is 228 g/mol. The zero-order valence-electron chi connectivity index (χ0n) is 10.3. The maximum absolute atomic E-state index is 12.3. The number of benzene rings is 1. The highest BCUT2D eigenvalue weighted by atomic mass is 16.1. The molecule has 0 bridgehead atoms. The summed E-state index contributed by atoms with van der Waals surface area (Å²) >= 11 is 0. The molecule has 17 heavy (non-hydrogen) atoms. The Bertz CT molecular complexity index is 352. The van der Waals surface area contributed by atoms with Crippen LogP contribution in [0.4, 0.5) is 0 Å². The Balaban J connectivity index is 2.71. The van der Waals surface area contributed by atoms with Crippen LogP contribution in [-0.2, 0) is 0 Å². The topological polar surface area (TPSA) is 17.1 Å². The molecule has 1 heteroatoms. The van der Waals surface area contributed by atoms with Crippen LogP contribution in [0.25, 0.3) is 0 Å². The normalized spacial score (nSPS) is 10.2. The van der Waals surface area contributed by atoms with Gasteiger partial charge in [-0.2, -0.15) is 0 Å². The molecule has 1 aromatic rings. The van der Waals surface area contributed by atoms with Crippen molar-refractivity contribution in [3.05, 3.63) is 61.2 Å². The molecule has 0 aliphatic heterocycles. The van der Waals surface area contributed by atoms with Crippen LogP contribution in [0, 0.1) is 5.92 Å². The van der Waals surface area contributed by atoms with Gasteiger partial charge in [0.05, 0.1) is 0 Å². The highest BCUT2D eigenvalue weighted by molar-refractivity contribution is 5.97. The molecule has 0 spiro atoms.